The highest BCUT2D eigenvalue weighted by Gasteiger charge is 2.24. The maximum absolute atomic E-state index is 13.3. The molecule has 0 atom stereocenters. The molecule has 0 spiro atoms. The second-order valence-corrected chi connectivity index (χ2v) is 11.9. The van der Waals surface area contributed by atoms with Gasteiger partial charge in [-0.05, 0) is 59.9 Å². The number of hydrogen-bond donors (Lipinski definition) is 2. The average Bonchev–Trinajstić information content (AvgIpc) is 3.20. The molecule has 5 rings (SSSR count). The summed E-state index contributed by atoms with van der Waals surface area (Å²) in [6.45, 7) is 4.64. The summed E-state index contributed by atoms with van der Waals surface area (Å²) in [4.78, 5) is 47.2. The summed E-state index contributed by atoms with van der Waals surface area (Å²) in [5, 5.41) is 2.98. The maximum atomic E-state index is 13.3. The van der Waals surface area contributed by atoms with E-state index in [1.54, 1.807) is 23.1 Å². The molecule has 0 aliphatic carbocycles. The molecule has 228 valence electrons. The van der Waals surface area contributed by atoms with Crippen LogP contribution in [0.3, 0.4) is 0 Å². The smallest absolute Gasteiger partial charge is 0.410 e. The van der Waals surface area contributed by atoms with E-state index in [1.165, 1.54) is 0 Å². The van der Waals surface area contributed by atoms with Gasteiger partial charge in [-0.25, -0.2) is 9.79 Å². The molecule has 10 heteroatoms. The lowest BCUT2D eigenvalue weighted by atomic mass is 9.99. The highest BCUT2D eigenvalue weighted by Crippen LogP contribution is 2.29. The van der Waals surface area contributed by atoms with Gasteiger partial charge in [0.25, 0.3) is 5.91 Å². The maximum Gasteiger partial charge on any atom is 0.410 e. The van der Waals surface area contributed by atoms with Crippen LogP contribution < -0.4 is 11.1 Å². The third kappa shape index (κ3) is 7.65. The summed E-state index contributed by atoms with van der Waals surface area (Å²) in [7, 11) is 0. The molecule has 3 N–H and O–H groups in total. The van der Waals surface area contributed by atoms with Crippen LogP contribution in [-0.2, 0) is 29.1 Å². The van der Waals surface area contributed by atoms with Crippen LogP contribution in [0.4, 0.5) is 16.2 Å². The Morgan fingerprint density at radius 1 is 1.05 bits per heavy atom. The van der Waals surface area contributed by atoms with E-state index in [1.807, 2.05) is 59.5 Å². The number of halogens is 1. The Hall–Kier alpha value is -4.19. The number of rotatable bonds is 9. The van der Waals surface area contributed by atoms with Crippen molar-refractivity contribution in [2.75, 3.05) is 29.4 Å². The van der Waals surface area contributed by atoms with Crippen molar-refractivity contribution < 1.29 is 19.1 Å². The van der Waals surface area contributed by atoms with E-state index in [9.17, 15) is 14.4 Å². The molecule has 2 aliphatic heterocycles. The third-order valence-corrected chi connectivity index (χ3v) is 8.09. The van der Waals surface area contributed by atoms with Gasteiger partial charge in [0.1, 0.15) is 12.4 Å². The second-order valence-electron chi connectivity index (χ2n) is 10.9. The third-order valence-electron chi connectivity index (χ3n) is 7.61. The van der Waals surface area contributed by atoms with Crippen LogP contribution >= 0.6 is 22.6 Å². The van der Waals surface area contributed by atoms with Crippen molar-refractivity contribution in [1.82, 2.24) is 9.80 Å². The largest absolute Gasteiger partial charge is 0.445 e. The highest BCUT2D eigenvalue weighted by atomic mass is 127. The van der Waals surface area contributed by atoms with E-state index in [0.29, 0.717) is 60.9 Å². The topological polar surface area (TPSA) is 117 Å². The van der Waals surface area contributed by atoms with Gasteiger partial charge >= 0.3 is 6.09 Å². The van der Waals surface area contributed by atoms with Gasteiger partial charge in [0, 0.05) is 59.4 Å². The van der Waals surface area contributed by atoms with E-state index < -0.39 is 0 Å². The SMILES string of the molecule is CCCN(CCI)C(=O)C1=Cc2ccc(C(=O)Nc3ccc4c(c3)CCN(C(=O)OCc3ccccc3)C4)cc2N=C(N)C1. The first-order valence-corrected chi connectivity index (χ1v) is 16.3. The number of amidine groups is 1. The minimum atomic E-state index is -0.339. The standard InChI is InChI=1S/C34H36IN5O4/c1-2-14-39(16-13-35)33(42)28-17-25-8-9-26(19-30(25)38-31(36)20-28)32(41)37-29-11-10-27-21-40(15-12-24(27)18-29)34(43)44-22-23-6-4-3-5-7-23/h3-11,17-19H,2,12-16,20-22H2,1H3,(H2,36,38)(H,37,41). The lowest BCUT2D eigenvalue weighted by molar-refractivity contribution is -0.126. The first kappa shape index (κ1) is 31.2. The lowest BCUT2D eigenvalue weighted by Crippen LogP contribution is -2.36. The fourth-order valence-electron chi connectivity index (χ4n) is 5.36. The predicted octanol–water partition coefficient (Wildman–Crippen LogP) is 6.08. The fraction of sp³-hybridized carbons (Fsp3) is 0.294. The van der Waals surface area contributed by atoms with Gasteiger partial charge in [-0.2, -0.15) is 0 Å². The van der Waals surface area contributed by atoms with Gasteiger partial charge in [-0.15, -0.1) is 0 Å². The summed E-state index contributed by atoms with van der Waals surface area (Å²) in [6.07, 6.45) is 3.29. The number of carbonyl (C=O) groups excluding carboxylic acids is 3. The number of alkyl halides is 1. The fourth-order valence-corrected chi connectivity index (χ4v) is 5.94. The summed E-state index contributed by atoms with van der Waals surface area (Å²) >= 11 is 2.28. The first-order chi connectivity index (χ1) is 21.3. The van der Waals surface area contributed by atoms with Crippen LogP contribution in [0.1, 0.15) is 52.4 Å². The van der Waals surface area contributed by atoms with Crippen LogP contribution in [0.2, 0.25) is 0 Å². The van der Waals surface area contributed by atoms with Crippen molar-refractivity contribution in [1.29, 1.82) is 0 Å². The molecule has 0 unspecified atom stereocenters. The Kier molecular flexibility index (Phi) is 10.3. The highest BCUT2D eigenvalue weighted by molar-refractivity contribution is 14.1. The number of fused-ring (bicyclic) bond motifs is 2. The molecule has 3 amide bonds. The van der Waals surface area contributed by atoms with Crippen molar-refractivity contribution in [3.8, 4) is 0 Å². The monoisotopic (exact) mass is 705 g/mol. The number of ether oxygens (including phenoxy) is 1. The van der Waals surface area contributed by atoms with E-state index >= 15 is 0 Å². The second kappa shape index (κ2) is 14.5. The molecule has 0 radical (unpaired) electrons. The minimum absolute atomic E-state index is 0.0315. The van der Waals surface area contributed by atoms with Gasteiger partial charge in [0.15, 0.2) is 0 Å². The zero-order valence-corrected chi connectivity index (χ0v) is 26.9. The van der Waals surface area contributed by atoms with E-state index in [0.717, 1.165) is 33.1 Å². The van der Waals surface area contributed by atoms with E-state index in [-0.39, 0.29) is 30.9 Å². The lowest BCUT2D eigenvalue weighted by Gasteiger charge is -2.28. The number of anilines is 1. The van der Waals surface area contributed by atoms with Gasteiger partial charge in [0.2, 0.25) is 5.91 Å². The number of hydrogen-bond acceptors (Lipinski definition) is 6. The molecule has 0 bridgehead atoms. The Morgan fingerprint density at radius 3 is 2.64 bits per heavy atom. The molecule has 9 nitrogen and oxygen atoms in total. The Labute approximate surface area is 271 Å². The van der Waals surface area contributed by atoms with Crippen LogP contribution in [0.15, 0.2) is 77.3 Å². The van der Waals surface area contributed by atoms with Crippen LogP contribution in [-0.4, -0.2) is 57.6 Å². The molecule has 0 saturated heterocycles. The first-order valence-electron chi connectivity index (χ1n) is 14.8. The quantitative estimate of drug-likeness (QED) is 0.207. The van der Waals surface area contributed by atoms with Crippen LogP contribution in [0.5, 0.6) is 0 Å². The Morgan fingerprint density at radius 2 is 1.86 bits per heavy atom. The summed E-state index contributed by atoms with van der Waals surface area (Å²) in [6, 6.07) is 20.6. The molecular weight excluding hydrogens is 669 g/mol. The molecular formula is C34H36IN5O4. The minimum Gasteiger partial charge on any atom is -0.445 e. The molecule has 3 aromatic rings. The number of amides is 3. The van der Waals surface area contributed by atoms with E-state index in [2.05, 4.69) is 39.8 Å². The Balaban J connectivity index is 1.24. The molecule has 0 aromatic heterocycles. The average molecular weight is 706 g/mol. The molecule has 3 aromatic carbocycles. The van der Waals surface area contributed by atoms with Crippen molar-refractivity contribution in [2.45, 2.75) is 39.3 Å². The predicted molar refractivity (Wildman–Crippen MR) is 181 cm³/mol. The molecule has 44 heavy (non-hydrogen) atoms. The van der Waals surface area contributed by atoms with Gasteiger partial charge in [-0.3, -0.25) is 9.59 Å². The summed E-state index contributed by atoms with van der Waals surface area (Å²) in [5.74, 6) is 0.0274. The van der Waals surface area contributed by atoms with Crippen LogP contribution in [0, 0.1) is 0 Å². The van der Waals surface area contributed by atoms with Crippen molar-refractivity contribution >= 4 is 63.8 Å². The number of nitrogens with two attached hydrogens (primary N) is 1. The van der Waals surface area contributed by atoms with Crippen molar-refractivity contribution in [3.05, 3.63) is 100 Å². The number of nitrogens with one attached hydrogen (secondary N) is 1. The van der Waals surface area contributed by atoms with Gasteiger partial charge in [0.05, 0.1) is 5.69 Å². The summed E-state index contributed by atoms with van der Waals surface area (Å²) in [5.41, 5.74) is 12.3. The number of carbonyl (C=O) groups is 3. The van der Waals surface area contributed by atoms with Crippen molar-refractivity contribution in [2.24, 2.45) is 10.7 Å². The molecule has 0 fully saturated rings. The normalized spacial score (nSPS) is 13.9. The Bertz CT molecular complexity index is 1600. The summed E-state index contributed by atoms with van der Waals surface area (Å²) < 4.78 is 6.35. The van der Waals surface area contributed by atoms with Gasteiger partial charge < -0.3 is 25.6 Å². The number of nitrogens with zero attached hydrogens (tertiary/aromatic N) is 3. The molecule has 2 heterocycles. The number of aliphatic imine (C=N–C) groups is 1. The van der Waals surface area contributed by atoms with Crippen LogP contribution in [0.25, 0.3) is 6.08 Å². The zero-order valence-electron chi connectivity index (χ0n) is 24.7. The zero-order chi connectivity index (χ0) is 31.1. The van der Waals surface area contributed by atoms with E-state index in [4.69, 9.17) is 10.5 Å². The van der Waals surface area contributed by atoms with Crippen molar-refractivity contribution in [3.63, 3.8) is 0 Å². The molecule has 0 saturated carbocycles. The number of benzene rings is 3. The molecule has 2 aliphatic rings. The van der Waals surface area contributed by atoms with Gasteiger partial charge in [-0.1, -0.05) is 72.0 Å².